The number of carbonyl (C=O) groups excluding carboxylic acids is 1. The predicted octanol–water partition coefficient (Wildman–Crippen LogP) is 3.14. The topological polar surface area (TPSA) is 72.8 Å². The molecular formula is C13H22O5. The highest BCUT2D eigenvalue weighted by Gasteiger charge is 2.05. The zero-order valence-corrected chi connectivity index (χ0v) is 11.1. The normalized spacial score (nSPS) is 11.1. The summed E-state index contributed by atoms with van der Waals surface area (Å²) in [6.45, 7) is 4.28. The Hall–Kier alpha value is -1.52. The van der Waals surface area contributed by atoms with Crippen LogP contribution in [0.25, 0.3) is 0 Å². The van der Waals surface area contributed by atoms with Gasteiger partial charge in [0.2, 0.25) is 0 Å². The van der Waals surface area contributed by atoms with Crippen molar-refractivity contribution in [2.24, 2.45) is 0 Å². The van der Waals surface area contributed by atoms with Crippen molar-refractivity contribution in [3.8, 4) is 0 Å². The average Bonchev–Trinajstić information content (AvgIpc) is 2.32. The summed E-state index contributed by atoms with van der Waals surface area (Å²) in [4.78, 5) is 21.6. The molecule has 0 amide bonds. The van der Waals surface area contributed by atoms with E-state index in [2.05, 4.69) is 4.74 Å². The van der Waals surface area contributed by atoms with E-state index in [9.17, 15) is 9.59 Å². The molecule has 0 aliphatic rings. The van der Waals surface area contributed by atoms with Gasteiger partial charge >= 0.3 is 12.1 Å². The number of ether oxygens (including phenoxy) is 2. The maximum absolute atomic E-state index is 10.8. The lowest BCUT2D eigenvalue weighted by atomic mass is 10.1. The molecule has 0 saturated heterocycles. The molecule has 0 saturated carbocycles. The molecule has 5 nitrogen and oxygen atoms in total. The Labute approximate surface area is 108 Å². The summed E-state index contributed by atoms with van der Waals surface area (Å²) in [6.07, 6.45) is 4.70. The number of rotatable bonds is 9. The third kappa shape index (κ3) is 8.61. The molecule has 0 bridgehead atoms. The first-order valence-electron chi connectivity index (χ1n) is 6.33. The highest BCUT2D eigenvalue weighted by atomic mass is 16.7. The van der Waals surface area contributed by atoms with Crippen molar-refractivity contribution in [2.45, 2.75) is 46.0 Å². The van der Waals surface area contributed by atoms with Crippen molar-refractivity contribution in [3.63, 3.8) is 0 Å². The Bertz CT molecular complexity index is 283. The molecule has 0 atom stereocenters. The Kier molecular flexibility index (Phi) is 9.73. The minimum atomic E-state index is -0.848. The van der Waals surface area contributed by atoms with Crippen molar-refractivity contribution in [1.29, 1.82) is 0 Å². The number of unbranched alkanes of at least 4 members (excludes halogenated alkanes) is 2. The first kappa shape index (κ1) is 16.5. The highest BCUT2D eigenvalue weighted by Crippen LogP contribution is 2.08. The second-order valence-corrected chi connectivity index (χ2v) is 3.81. The van der Waals surface area contributed by atoms with E-state index in [-0.39, 0.29) is 0 Å². The largest absolute Gasteiger partial charge is 0.508 e. The molecular weight excluding hydrogens is 236 g/mol. The molecule has 104 valence electrons. The summed E-state index contributed by atoms with van der Waals surface area (Å²) in [5.41, 5.74) is 0.462. The van der Waals surface area contributed by atoms with Crippen LogP contribution in [0.3, 0.4) is 0 Å². The Morgan fingerprint density at radius 1 is 1.17 bits per heavy atom. The summed E-state index contributed by atoms with van der Waals surface area (Å²) in [7, 11) is 0. The molecule has 0 fully saturated rings. The number of aliphatic carboxylic acids is 1. The van der Waals surface area contributed by atoms with Crippen molar-refractivity contribution in [1.82, 2.24) is 0 Å². The number of carbonyl (C=O) groups is 2. The lowest BCUT2D eigenvalue weighted by Gasteiger charge is -2.03. The lowest BCUT2D eigenvalue weighted by molar-refractivity contribution is -0.132. The molecule has 0 aromatic rings. The fraction of sp³-hybridized carbons (Fsp3) is 0.692. The standard InChI is InChI=1S/C13H22O5/c1-3-8-11(12(14)15)9-6-5-7-10-18-13(16)17-4-2/h9H,3-8,10H2,1-2H3,(H,14,15)/b11-9+. The monoisotopic (exact) mass is 258 g/mol. The fourth-order valence-electron chi connectivity index (χ4n) is 1.40. The second kappa shape index (κ2) is 10.6. The minimum absolute atomic E-state index is 0.306. The fourth-order valence-corrected chi connectivity index (χ4v) is 1.40. The van der Waals surface area contributed by atoms with Gasteiger partial charge < -0.3 is 14.6 Å². The van der Waals surface area contributed by atoms with Crippen LogP contribution in [0.15, 0.2) is 11.6 Å². The Morgan fingerprint density at radius 3 is 2.44 bits per heavy atom. The molecule has 0 aliphatic carbocycles. The van der Waals surface area contributed by atoms with Crippen LogP contribution in [-0.2, 0) is 14.3 Å². The van der Waals surface area contributed by atoms with Crippen LogP contribution in [0.1, 0.15) is 46.0 Å². The van der Waals surface area contributed by atoms with Crippen LogP contribution in [-0.4, -0.2) is 30.4 Å². The summed E-state index contributed by atoms with van der Waals surface area (Å²) >= 11 is 0. The third-order valence-corrected chi connectivity index (χ3v) is 2.27. The van der Waals surface area contributed by atoms with Gasteiger partial charge in [0.05, 0.1) is 13.2 Å². The van der Waals surface area contributed by atoms with E-state index in [4.69, 9.17) is 9.84 Å². The number of hydrogen-bond donors (Lipinski definition) is 1. The SMILES string of the molecule is CCC/C(=C\CCCCOC(=O)OCC)C(=O)O. The molecule has 0 unspecified atom stereocenters. The van der Waals surface area contributed by atoms with E-state index >= 15 is 0 Å². The maximum Gasteiger partial charge on any atom is 0.508 e. The van der Waals surface area contributed by atoms with Gasteiger partial charge in [-0.15, -0.1) is 0 Å². The zero-order valence-electron chi connectivity index (χ0n) is 11.1. The van der Waals surface area contributed by atoms with Gasteiger partial charge in [-0.25, -0.2) is 9.59 Å². The van der Waals surface area contributed by atoms with E-state index in [1.807, 2.05) is 6.92 Å². The van der Waals surface area contributed by atoms with Crippen molar-refractivity contribution >= 4 is 12.1 Å². The van der Waals surface area contributed by atoms with Crippen molar-refractivity contribution < 1.29 is 24.2 Å². The van der Waals surface area contributed by atoms with Gasteiger partial charge in [0.25, 0.3) is 0 Å². The number of carboxylic acids is 1. The maximum atomic E-state index is 10.8. The van der Waals surface area contributed by atoms with Gasteiger partial charge in [-0.2, -0.15) is 0 Å². The van der Waals surface area contributed by atoms with Crippen LogP contribution in [0.2, 0.25) is 0 Å². The molecule has 18 heavy (non-hydrogen) atoms. The Morgan fingerprint density at radius 2 is 1.89 bits per heavy atom. The lowest BCUT2D eigenvalue weighted by Crippen LogP contribution is -2.07. The molecule has 0 aromatic carbocycles. The number of hydrogen-bond acceptors (Lipinski definition) is 4. The molecule has 5 heteroatoms. The van der Waals surface area contributed by atoms with Crippen LogP contribution < -0.4 is 0 Å². The zero-order chi connectivity index (χ0) is 13.8. The second-order valence-electron chi connectivity index (χ2n) is 3.81. The van der Waals surface area contributed by atoms with E-state index in [1.165, 1.54) is 0 Å². The molecule has 0 radical (unpaired) electrons. The molecule has 1 N–H and O–H groups in total. The van der Waals surface area contributed by atoms with Gasteiger partial charge in [0.1, 0.15) is 0 Å². The third-order valence-electron chi connectivity index (χ3n) is 2.27. The summed E-state index contributed by atoms with van der Waals surface area (Å²) in [5.74, 6) is -0.848. The Balaban J connectivity index is 3.68. The van der Waals surface area contributed by atoms with Gasteiger partial charge in [-0.3, -0.25) is 0 Å². The average molecular weight is 258 g/mol. The molecule has 0 aliphatic heterocycles. The van der Waals surface area contributed by atoms with Gasteiger partial charge in [0.15, 0.2) is 0 Å². The van der Waals surface area contributed by atoms with E-state index < -0.39 is 12.1 Å². The smallest absolute Gasteiger partial charge is 0.478 e. The molecule has 0 aromatic heterocycles. The van der Waals surface area contributed by atoms with Crippen LogP contribution in [0, 0.1) is 0 Å². The summed E-state index contributed by atoms with van der Waals surface area (Å²) < 4.78 is 9.39. The van der Waals surface area contributed by atoms with Gasteiger partial charge in [0, 0.05) is 5.57 Å². The predicted molar refractivity (Wildman–Crippen MR) is 67.5 cm³/mol. The number of carboxylic acid groups (broad SMARTS) is 1. The van der Waals surface area contributed by atoms with Crippen LogP contribution in [0.4, 0.5) is 4.79 Å². The van der Waals surface area contributed by atoms with Crippen LogP contribution >= 0.6 is 0 Å². The summed E-state index contributed by atoms with van der Waals surface area (Å²) in [5, 5.41) is 8.88. The van der Waals surface area contributed by atoms with Crippen molar-refractivity contribution in [3.05, 3.63) is 11.6 Å². The highest BCUT2D eigenvalue weighted by molar-refractivity contribution is 5.86. The number of allylic oxidation sites excluding steroid dienone is 1. The van der Waals surface area contributed by atoms with Gasteiger partial charge in [-0.05, 0) is 32.6 Å². The van der Waals surface area contributed by atoms with Crippen LogP contribution in [0.5, 0.6) is 0 Å². The van der Waals surface area contributed by atoms with Crippen molar-refractivity contribution in [2.75, 3.05) is 13.2 Å². The first-order chi connectivity index (χ1) is 8.61. The van der Waals surface area contributed by atoms with E-state index in [1.54, 1.807) is 13.0 Å². The van der Waals surface area contributed by atoms with E-state index in [0.29, 0.717) is 38.0 Å². The molecule has 0 heterocycles. The molecule has 0 spiro atoms. The minimum Gasteiger partial charge on any atom is -0.478 e. The van der Waals surface area contributed by atoms with Gasteiger partial charge in [-0.1, -0.05) is 19.4 Å². The molecule has 0 rings (SSSR count). The quantitative estimate of drug-likeness (QED) is 0.391. The summed E-state index contributed by atoms with van der Waals surface area (Å²) in [6, 6.07) is 0. The van der Waals surface area contributed by atoms with E-state index in [0.717, 1.165) is 12.8 Å². The first-order valence-corrected chi connectivity index (χ1v) is 6.33.